The molecule has 0 bridgehead atoms. The summed E-state index contributed by atoms with van der Waals surface area (Å²) in [6, 6.07) is 0. The summed E-state index contributed by atoms with van der Waals surface area (Å²) in [4.78, 5) is 30.6. The topological polar surface area (TPSA) is 72.5 Å². The number of likely N-dealkylation sites (N-methyl/N-ethyl adjacent to an activating group) is 1. The first-order valence-electron chi connectivity index (χ1n) is 8.82. The Balaban J connectivity index is 1.41. The second-order valence-electron chi connectivity index (χ2n) is 7.14. The number of hydrogen-bond donors (Lipinski definition) is 1. The molecule has 0 fully saturated rings. The van der Waals surface area contributed by atoms with Gasteiger partial charge in [-0.2, -0.15) is 5.10 Å². The van der Waals surface area contributed by atoms with E-state index in [1.807, 2.05) is 7.05 Å². The fourth-order valence-electron chi connectivity index (χ4n) is 3.89. The summed E-state index contributed by atoms with van der Waals surface area (Å²) in [6.45, 7) is 3.13. The van der Waals surface area contributed by atoms with Gasteiger partial charge in [-0.05, 0) is 24.3 Å². The number of carbonyl (C=O) groups is 2. The first kappa shape index (κ1) is 17.0. The van der Waals surface area contributed by atoms with Crippen LogP contribution < -0.4 is 0 Å². The zero-order valence-corrected chi connectivity index (χ0v) is 14.8. The van der Waals surface area contributed by atoms with Gasteiger partial charge in [-0.1, -0.05) is 0 Å². The summed E-state index contributed by atoms with van der Waals surface area (Å²) in [5.74, 6) is -0.235. The van der Waals surface area contributed by atoms with Gasteiger partial charge < -0.3 is 14.7 Å². The molecule has 4 rings (SSSR count). The van der Waals surface area contributed by atoms with Gasteiger partial charge in [0.1, 0.15) is 6.67 Å². The Morgan fingerprint density at radius 1 is 1.15 bits per heavy atom. The number of carbonyl (C=O) groups excluding carboxylic acids is 2. The number of rotatable bonds is 3. The Morgan fingerprint density at radius 3 is 2.54 bits per heavy atom. The number of nitrogens with one attached hydrogen (secondary N) is 1. The number of H-pyrrole nitrogens is 1. The number of aromatic amines is 1. The molecule has 4 heterocycles. The van der Waals surface area contributed by atoms with Gasteiger partial charge in [-0.25, -0.2) is 4.39 Å². The van der Waals surface area contributed by atoms with Crippen molar-refractivity contribution < 1.29 is 14.0 Å². The minimum absolute atomic E-state index is 0.0533. The number of aromatic nitrogens is 2. The summed E-state index contributed by atoms with van der Waals surface area (Å²) in [7, 11) is 2.04. The number of alkyl halides is 1. The van der Waals surface area contributed by atoms with Crippen molar-refractivity contribution in [3.05, 3.63) is 40.2 Å². The first-order chi connectivity index (χ1) is 12.6. The van der Waals surface area contributed by atoms with Crippen LogP contribution in [0.15, 0.2) is 23.3 Å². The molecule has 0 aliphatic carbocycles. The summed E-state index contributed by atoms with van der Waals surface area (Å²) in [5.41, 5.74) is 4.81. The molecule has 0 aromatic carbocycles. The molecule has 3 aliphatic heterocycles. The minimum Gasteiger partial charge on any atom is -0.331 e. The zero-order valence-electron chi connectivity index (χ0n) is 14.8. The Morgan fingerprint density at radius 2 is 1.85 bits per heavy atom. The maximum atomic E-state index is 12.9. The Bertz CT molecular complexity index is 795. The summed E-state index contributed by atoms with van der Waals surface area (Å²) in [6.07, 6.45) is 3.38. The van der Waals surface area contributed by atoms with Crippen LogP contribution in [-0.2, 0) is 17.8 Å². The Labute approximate surface area is 151 Å². The van der Waals surface area contributed by atoms with Crippen LogP contribution in [0, 0.1) is 0 Å². The van der Waals surface area contributed by atoms with Crippen molar-refractivity contribution in [3.8, 4) is 0 Å². The van der Waals surface area contributed by atoms with Crippen molar-refractivity contribution in [1.29, 1.82) is 0 Å². The van der Waals surface area contributed by atoms with Crippen molar-refractivity contribution in [2.75, 3.05) is 46.4 Å². The van der Waals surface area contributed by atoms with Crippen molar-refractivity contribution >= 4 is 11.8 Å². The molecular weight excluding hydrogens is 337 g/mol. The van der Waals surface area contributed by atoms with Crippen LogP contribution in [0.1, 0.15) is 21.7 Å². The molecule has 0 saturated heterocycles. The van der Waals surface area contributed by atoms with Crippen LogP contribution in [0.3, 0.4) is 0 Å². The van der Waals surface area contributed by atoms with Gasteiger partial charge in [-0.3, -0.25) is 14.7 Å². The molecule has 7 nitrogen and oxygen atoms in total. The van der Waals surface area contributed by atoms with E-state index in [9.17, 15) is 14.0 Å². The van der Waals surface area contributed by atoms with Gasteiger partial charge in [0, 0.05) is 63.0 Å². The van der Waals surface area contributed by atoms with Gasteiger partial charge in [0.15, 0.2) is 5.69 Å². The highest BCUT2D eigenvalue weighted by Gasteiger charge is 2.35. The largest absolute Gasteiger partial charge is 0.331 e. The number of amides is 2. The Kier molecular flexibility index (Phi) is 4.36. The predicted octanol–water partition coefficient (Wildman–Crippen LogP) is 0.518. The normalized spacial score (nSPS) is 20.2. The molecule has 8 heteroatoms. The van der Waals surface area contributed by atoms with Gasteiger partial charge in [0.2, 0.25) is 5.91 Å². The monoisotopic (exact) mass is 359 g/mol. The Hall–Kier alpha value is -2.48. The molecule has 138 valence electrons. The maximum Gasteiger partial charge on any atom is 0.275 e. The lowest BCUT2D eigenvalue weighted by molar-refractivity contribution is -0.124. The molecule has 0 unspecified atom stereocenters. The SMILES string of the molecule is CN1CCc2[nH]nc(C(=O)N3CC4=C(CN(C(=O)/C=C/CF)C4)C3)c2C1. The average molecular weight is 359 g/mol. The lowest BCUT2D eigenvalue weighted by Gasteiger charge is -2.24. The van der Waals surface area contributed by atoms with E-state index in [2.05, 4.69) is 15.1 Å². The average Bonchev–Trinajstić information content (AvgIpc) is 3.31. The standard InChI is InChI=1S/C18H22FN5O2/c1-22-6-4-15-14(11-22)17(21-20-15)18(26)24-9-12-7-23(8-13(12)10-24)16(25)3-2-5-19/h2-3H,4-11H2,1H3,(H,20,21)/b3-2+. The molecule has 0 radical (unpaired) electrons. The lowest BCUT2D eigenvalue weighted by atomic mass is 10.1. The highest BCUT2D eigenvalue weighted by Crippen LogP contribution is 2.28. The second kappa shape index (κ2) is 6.68. The number of allylic oxidation sites excluding steroid dienone is 1. The van der Waals surface area contributed by atoms with E-state index in [1.54, 1.807) is 9.80 Å². The predicted molar refractivity (Wildman–Crippen MR) is 93.3 cm³/mol. The number of nitrogens with zero attached hydrogens (tertiary/aromatic N) is 4. The third kappa shape index (κ3) is 2.94. The molecule has 0 atom stereocenters. The number of hydrogen-bond acceptors (Lipinski definition) is 4. The summed E-state index contributed by atoms with van der Waals surface area (Å²) < 4.78 is 12.2. The fraction of sp³-hybridized carbons (Fsp3) is 0.500. The molecule has 1 aromatic rings. The van der Waals surface area contributed by atoms with Crippen LogP contribution in [0.4, 0.5) is 4.39 Å². The van der Waals surface area contributed by atoms with Gasteiger partial charge in [0.25, 0.3) is 5.91 Å². The third-order valence-corrected chi connectivity index (χ3v) is 5.30. The summed E-state index contributed by atoms with van der Waals surface area (Å²) in [5, 5.41) is 7.29. The highest BCUT2D eigenvalue weighted by molar-refractivity contribution is 5.95. The third-order valence-electron chi connectivity index (χ3n) is 5.30. The first-order valence-corrected chi connectivity index (χ1v) is 8.82. The van der Waals surface area contributed by atoms with E-state index in [4.69, 9.17) is 0 Å². The number of halogens is 1. The van der Waals surface area contributed by atoms with Crippen molar-refractivity contribution in [2.45, 2.75) is 13.0 Å². The fourth-order valence-corrected chi connectivity index (χ4v) is 3.89. The van der Waals surface area contributed by atoms with Crippen LogP contribution in [0.25, 0.3) is 0 Å². The summed E-state index contributed by atoms with van der Waals surface area (Å²) >= 11 is 0. The molecule has 26 heavy (non-hydrogen) atoms. The number of fused-ring (bicyclic) bond motifs is 1. The molecule has 1 N–H and O–H groups in total. The van der Waals surface area contributed by atoms with Crippen LogP contribution in [0.5, 0.6) is 0 Å². The van der Waals surface area contributed by atoms with Crippen LogP contribution >= 0.6 is 0 Å². The molecule has 0 spiro atoms. The molecule has 2 amide bonds. The molecule has 0 saturated carbocycles. The molecule has 3 aliphatic rings. The second-order valence-corrected chi connectivity index (χ2v) is 7.14. The van der Waals surface area contributed by atoms with E-state index in [0.717, 1.165) is 41.9 Å². The van der Waals surface area contributed by atoms with Crippen LogP contribution in [-0.4, -0.2) is 83.2 Å². The zero-order chi connectivity index (χ0) is 18.3. The molecule has 1 aromatic heterocycles. The maximum absolute atomic E-state index is 12.9. The quantitative estimate of drug-likeness (QED) is 0.631. The van der Waals surface area contributed by atoms with Crippen LogP contribution in [0.2, 0.25) is 0 Å². The van der Waals surface area contributed by atoms with Crippen molar-refractivity contribution in [1.82, 2.24) is 24.9 Å². The van der Waals surface area contributed by atoms with E-state index >= 15 is 0 Å². The van der Waals surface area contributed by atoms with Gasteiger partial charge >= 0.3 is 0 Å². The van der Waals surface area contributed by atoms with E-state index in [-0.39, 0.29) is 11.8 Å². The smallest absolute Gasteiger partial charge is 0.275 e. The van der Waals surface area contributed by atoms with E-state index < -0.39 is 6.67 Å². The van der Waals surface area contributed by atoms with Crippen molar-refractivity contribution in [2.24, 2.45) is 0 Å². The highest BCUT2D eigenvalue weighted by atomic mass is 19.1. The van der Waals surface area contributed by atoms with Gasteiger partial charge in [-0.15, -0.1) is 0 Å². The van der Waals surface area contributed by atoms with Gasteiger partial charge in [0.05, 0.1) is 0 Å². The molecular formula is C18H22FN5O2. The van der Waals surface area contributed by atoms with Crippen molar-refractivity contribution in [3.63, 3.8) is 0 Å². The minimum atomic E-state index is -0.641. The van der Waals surface area contributed by atoms with E-state index in [0.29, 0.717) is 31.9 Å². The van der Waals surface area contributed by atoms with E-state index in [1.165, 1.54) is 12.2 Å². The lowest BCUT2D eigenvalue weighted by Crippen LogP contribution is -2.36.